The van der Waals surface area contributed by atoms with Crippen LogP contribution in [0, 0.1) is 17.3 Å². The van der Waals surface area contributed by atoms with E-state index in [1.807, 2.05) is 36.4 Å². The molecule has 7 atom stereocenters. The van der Waals surface area contributed by atoms with Crippen LogP contribution in [0.2, 0.25) is 0 Å². The number of fused-ring (bicyclic) bond motifs is 1. The van der Waals surface area contributed by atoms with Crippen molar-refractivity contribution in [2.75, 3.05) is 26.2 Å². The first-order chi connectivity index (χ1) is 17.0. The number of hydrogen-bond donors (Lipinski definition) is 3. The lowest BCUT2D eigenvalue weighted by Gasteiger charge is -2.66. The second-order valence-corrected chi connectivity index (χ2v) is 11.8. The molecule has 4 bridgehead atoms. The zero-order chi connectivity index (χ0) is 23.9. The highest BCUT2D eigenvalue weighted by Gasteiger charge is 2.76. The van der Waals surface area contributed by atoms with E-state index in [1.165, 1.54) is 11.1 Å². The van der Waals surface area contributed by atoms with Crippen LogP contribution in [0.3, 0.4) is 0 Å². The van der Waals surface area contributed by atoms with Crippen molar-refractivity contribution < 1.29 is 15.0 Å². The highest BCUT2D eigenvalue weighted by atomic mass is 16.3. The first-order valence-corrected chi connectivity index (χ1v) is 13.3. The van der Waals surface area contributed by atoms with E-state index >= 15 is 0 Å². The molecular weight excluding hydrogens is 438 g/mol. The van der Waals surface area contributed by atoms with Crippen molar-refractivity contribution in [1.29, 1.82) is 0 Å². The van der Waals surface area contributed by atoms with E-state index < -0.39 is 0 Å². The Morgan fingerprint density at radius 2 is 2.00 bits per heavy atom. The Hall–Kier alpha value is -2.41. The number of amides is 1. The third-order valence-corrected chi connectivity index (χ3v) is 10.6. The molecule has 6 nitrogen and oxygen atoms in total. The molecular formula is C29H35N3O3. The van der Waals surface area contributed by atoms with Crippen LogP contribution < -0.4 is 5.73 Å². The molecule has 35 heavy (non-hydrogen) atoms. The predicted molar refractivity (Wildman–Crippen MR) is 133 cm³/mol. The monoisotopic (exact) mass is 473 g/mol. The first-order valence-electron chi connectivity index (χ1n) is 13.3. The van der Waals surface area contributed by atoms with Gasteiger partial charge in [-0.2, -0.15) is 0 Å². The molecule has 7 rings (SSSR count). The van der Waals surface area contributed by atoms with Crippen molar-refractivity contribution in [3.05, 3.63) is 65.2 Å². The highest BCUT2D eigenvalue weighted by Crippen LogP contribution is 2.75. The quantitative estimate of drug-likeness (QED) is 0.635. The molecule has 4 unspecified atom stereocenters. The van der Waals surface area contributed by atoms with Crippen LogP contribution >= 0.6 is 0 Å². The van der Waals surface area contributed by atoms with Crippen LogP contribution in [0.4, 0.5) is 0 Å². The number of rotatable bonds is 4. The number of aliphatic hydroxyl groups is 1. The summed E-state index contributed by atoms with van der Waals surface area (Å²) in [6.45, 7) is 2.53. The van der Waals surface area contributed by atoms with Crippen LogP contribution in [0.15, 0.2) is 48.5 Å². The summed E-state index contributed by atoms with van der Waals surface area (Å²) in [5, 5.41) is 20.3. The molecule has 4 fully saturated rings. The Labute approximate surface area is 206 Å². The normalized spacial score (nSPS) is 37.6. The maximum absolute atomic E-state index is 13.6. The van der Waals surface area contributed by atoms with E-state index in [9.17, 15) is 15.0 Å². The van der Waals surface area contributed by atoms with Gasteiger partial charge in [0.05, 0.1) is 6.61 Å². The fraction of sp³-hybridized carbons (Fsp3) is 0.552. The summed E-state index contributed by atoms with van der Waals surface area (Å²) in [5.74, 6) is 1.44. The third kappa shape index (κ3) is 2.73. The first kappa shape index (κ1) is 21.8. The lowest BCUT2D eigenvalue weighted by molar-refractivity contribution is -0.103. The van der Waals surface area contributed by atoms with Crippen molar-refractivity contribution >= 4 is 5.91 Å². The largest absolute Gasteiger partial charge is 0.508 e. The number of hydrogen-bond acceptors (Lipinski definition) is 5. The molecule has 1 amide bonds. The SMILES string of the molecule is N[C@@H](CO)CN1CCC23c4cc(O)ccc4C[C@@H]1C21CCC2C3[C@@H](CN2C(=O)c2ccccc2)C1. The Morgan fingerprint density at radius 3 is 2.80 bits per heavy atom. The number of aliphatic hydroxyl groups excluding tert-OH is 1. The zero-order valence-corrected chi connectivity index (χ0v) is 20.1. The van der Waals surface area contributed by atoms with Gasteiger partial charge in [0, 0.05) is 42.2 Å². The smallest absolute Gasteiger partial charge is 0.254 e. The van der Waals surface area contributed by atoms with Crippen molar-refractivity contribution in [1.82, 2.24) is 9.80 Å². The van der Waals surface area contributed by atoms with Gasteiger partial charge in [-0.15, -0.1) is 0 Å². The van der Waals surface area contributed by atoms with Gasteiger partial charge in [0.15, 0.2) is 0 Å². The molecule has 2 saturated carbocycles. The molecule has 2 aromatic carbocycles. The summed E-state index contributed by atoms with van der Waals surface area (Å²) in [4.78, 5) is 18.4. The lowest BCUT2D eigenvalue weighted by Crippen LogP contribution is -2.70. The third-order valence-electron chi connectivity index (χ3n) is 10.6. The molecule has 2 aliphatic heterocycles. The molecule has 0 radical (unpaired) electrons. The summed E-state index contributed by atoms with van der Waals surface area (Å²) < 4.78 is 0. The Bertz CT molecular complexity index is 1170. The van der Waals surface area contributed by atoms with Gasteiger partial charge in [-0.25, -0.2) is 0 Å². The summed E-state index contributed by atoms with van der Waals surface area (Å²) >= 11 is 0. The molecule has 0 aromatic heterocycles. The number of aromatic hydroxyl groups is 1. The molecule has 5 aliphatic rings. The number of nitrogens with zero attached hydrogens (tertiary/aromatic N) is 2. The molecule has 6 heteroatoms. The van der Waals surface area contributed by atoms with Gasteiger partial charge in [-0.05, 0) is 91.3 Å². The fourth-order valence-corrected chi connectivity index (χ4v) is 9.65. The minimum atomic E-state index is -0.226. The average molecular weight is 474 g/mol. The number of phenols is 1. The lowest BCUT2D eigenvalue weighted by atomic mass is 9.43. The minimum absolute atomic E-state index is 0.00963. The van der Waals surface area contributed by atoms with E-state index in [1.54, 1.807) is 0 Å². The number of piperidine rings is 1. The van der Waals surface area contributed by atoms with Gasteiger partial charge >= 0.3 is 0 Å². The van der Waals surface area contributed by atoms with Crippen LogP contribution in [0.25, 0.3) is 0 Å². The highest BCUT2D eigenvalue weighted by molar-refractivity contribution is 5.94. The van der Waals surface area contributed by atoms with Gasteiger partial charge in [0.2, 0.25) is 0 Å². The minimum Gasteiger partial charge on any atom is -0.508 e. The van der Waals surface area contributed by atoms with E-state index in [4.69, 9.17) is 5.73 Å². The van der Waals surface area contributed by atoms with Gasteiger partial charge in [0.25, 0.3) is 5.91 Å². The average Bonchev–Trinajstić information content (AvgIpc) is 3.32. The molecule has 0 spiro atoms. The fourth-order valence-electron chi connectivity index (χ4n) is 9.65. The Morgan fingerprint density at radius 1 is 1.17 bits per heavy atom. The van der Waals surface area contributed by atoms with Crippen molar-refractivity contribution in [3.63, 3.8) is 0 Å². The number of carbonyl (C=O) groups excluding carboxylic acids is 1. The number of phenolic OH excluding ortho intramolecular Hbond substituents is 1. The van der Waals surface area contributed by atoms with Gasteiger partial charge < -0.3 is 20.8 Å². The molecule has 2 aromatic rings. The summed E-state index contributed by atoms with van der Waals surface area (Å²) in [6, 6.07) is 16.2. The van der Waals surface area contributed by atoms with E-state index in [-0.39, 0.29) is 35.4 Å². The molecule has 2 heterocycles. The van der Waals surface area contributed by atoms with Crippen molar-refractivity contribution in [2.24, 2.45) is 23.0 Å². The van der Waals surface area contributed by atoms with Crippen molar-refractivity contribution in [3.8, 4) is 5.75 Å². The second kappa shape index (κ2) is 7.55. The maximum Gasteiger partial charge on any atom is 0.254 e. The summed E-state index contributed by atoms with van der Waals surface area (Å²) in [7, 11) is 0. The standard InChI is InChI=1S/C29H35N3O3/c30-21(17-33)16-31-11-10-29-23-13-22(34)7-6-19(23)12-25(31)28(29)9-8-24-26(29)20(14-28)15-32(24)27(35)18-4-2-1-3-5-18/h1-7,13,20-21,24-26,33-34H,8-12,14-17,30H2/t20-,21-,24?,25-,26?,28?,29?/m1/s1. The summed E-state index contributed by atoms with van der Waals surface area (Å²) in [5.41, 5.74) is 9.87. The van der Waals surface area contributed by atoms with E-state index in [0.29, 0.717) is 23.6 Å². The van der Waals surface area contributed by atoms with Crippen LogP contribution in [-0.4, -0.2) is 70.3 Å². The van der Waals surface area contributed by atoms with E-state index in [0.717, 1.165) is 57.3 Å². The Balaban J connectivity index is 1.34. The van der Waals surface area contributed by atoms with E-state index in [2.05, 4.69) is 21.9 Å². The second-order valence-electron chi connectivity index (χ2n) is 11.8. The Kier molecular flexibility index (Phi) is 4.71. The number of benzene rings is 2. The van der Waals surface area contributed by atoms with Crippen molar-refractivity contribution in [2.45, 2.75) is 55.6 Å². The molecule has 3 aliphatic carbocycles. The van der Waals surface area contributed by atoms with Crippen LogP contribution in [0.5, 0.6) is 5.75 Å². The van der Waals surface area contributed by atoms with Crippen LogP contribution in [-0.2, 0) is 11.8 Å². The predicted octanol–water partition coefficient (Wildman–Crippen LogP) is 2.52. The summed E-state index contributed by atoms with van der Waals surface area (Å²) in [6.07, 6.45) is 5.30. The molecule has 2 saturated heterocycles. The number of carbonyl (C=O) groups is 1. The molecule has 4 N–H and O–H groups in total. The van der Waals surface area contributed by atoms with Gasteiger partial charge in [-0.1, -0.05) is 24.3 Å². The van der Waals surface area contributed by atoms with Gasteiger partial charge in [0.1, 0.15) is 5.75 Å². The number of likely N-dealkylation sites (tertiary alicyclic amines) is 2. The van der Waals surface area contributed by atoms with Gasteiger partial charge in [-0.3, -0.25) is 9.69 Å². The molecule has 184 valence electrons. The van der Waals surface area contributed by atoms with Crippen LogP contribution in [0.1, 0.15) is 47.2 Å². The topological polar surface area (TPSA) is 90.0 Å². The zero-order valence-electron chi connectivity index (χ0n) is 20.1. The maximum atomic E-state index is 13.6. The number of nitrogens with two attached hydrogens (primary N) is 1.